The molecule has 124 valence electrons. The summed E-state index contributed by atoms with van der Waals surface area (Å²) in [5.74, 6) is -0.311. The van der Waals surface area contributed by atoms with Gasteiger partial charge in [0.1, 0.15) is 0 Å². The SMILES string of the molecule is CC(NC(=O)C1CCCC1N)c1ccc(C(F)(F)F)cc1.Cl. The molecular formula is C15H20ClF3N2O. The summed E-state index contributed by atoms with van der Waals surface area (Å²) >= 11 is 0. The average molecular weight is 337 g/mol. The molecule has 1 aromatic carbocycles. The number of hydrogen-bond acceptors (Lipinski definition) is 2. The summed E-state index contributed by atoms with van der Waals surface area (Å²) < 4.78 is 37.5. The number of carbonyl (C=O) groups is 1. The summed E-state index contributed by atoms with van der Waals surface area (Å²) in [6.07, 6.45) is -1.80. The molecule has 0 saturated heterocycles. The summed E-state index contributed by atoms with van der Waals surface area (Å²) in [7, 11) is 0. The average Bonchev–Trinajstić information content (AvgIpc) is 2.84. The van der Waals surface area contributed by atoms with Crippen LogP contribution in [0.5, 0.6) is 0 Å². The van der Waals surface area contributed by atoms with Crippen molar-refractivity contribution in [2.75, 3.05) is 0 Å². The van der Waals surface area contributed by atoms with E-state index in [1.807, 2.05) is 0 Å². The molecule has 1 saturated carbocycles. The van der Waals surface area contributed by atoms with Crippen LogP contribution in [-0.2, 0) is 11.0 Å². The van der Waals surface area contributed by atoms with Gasteiger partial charge in [-0.2, -0.15) is 13.2 Å². The zero-order chi connectivity index (χ0) is 15.6. The van der Waals surface area contributed by atoms with E-state index < -0.39 is 11.7 Å². The zero-order valence-electron chi connectivity index (χ0n) is 12.2. The lowest BCUT2D eigenvalue weighted by atomic mass is 10.0. The van der Waals surface area contributed by atoms with Crippen LogP contribution in [0.15, 0.2) is 24.3 Å². The van der Waals surface area contributed by atoms with Gasteiger partial charge in [-0.05, 0) is 37.5 Å². The second kappa shape index (κ2) is 7.33. The maximum atomic E-state index is 12.5. The number of alkyl halides is 3. The van der Waals surface area contributed by atoms with Crippen LogP contribution in [0.25, 0.3) is 0 Å². The Balaban J connectivity index is 0.00000242. The first kappa shape index (κ1) is 18.8. The Bertz CT molecular complexity index is 505. The van der Waals surface area contributed by atoms with E-state index in [-0.39, 0.29) is 36.3 Å². The molecule has 1 aliphatic carbocycles. The Labute approximate surface area is 133 Å². The van der Waals surface area contributed by atoms with Gasteiger partial charge in [-0.1, -0.05) is 18.6 Å². The number of nitrogens with one attached hydrogen (secondary N) is 1. The topological polar surface area (TPSA) is 55.1 Å². The lowest BCUT2D eigenvalue weighted by molar-refractivity contribution is -0.137. The van der Waals surface area contributed by atoms with E-state index in [2.05, 4.69) is 5.32 Å². The van der Waals surface area contributed by atoms with Crippen molar-refractivity contribution in [2.24, 2.45) is 11.7 Å². The molecule has 1 amide bonds. The van der Waals surface area contributed by atoms with Gasteiger partial charge >= 0.3 is 6.18 Å². The summed E-state index contributed by atoms with van der Waals surface area (Å²) in [5, 5.41) is 2.83. The quantitative estimate of drug-likeness (QED) is 0.888. The van der Waals surface area contributed by atoms with Crippen molar-refractivity contribution in [3.05, 3.63) is 35.4 Å². The third kappa shape index (κ3) is 4.36. The van der Waals surface area contributed by atoms with Crippen LogP contribution in [0.4, 0.5) is 13.2 Å². The number of rotatable bonds is 3. The van der Waals surface area contributed by atoms with Gasteiger partial charge in [0, 0.05) is 6.04 Å². The molecule has 1 fully saturated rings. The highest BCUT2D eigenvalue weighted by molar-refractivity contribution is 5.85. The molecule has 2 rings (SSSR count). The summed E-state index contributed by atoms with van der Waals surface area (Å²) in [6, 6.07) is 4.38. The third-order valence-corrected chi connectivity index (χ3v) is 4.00. The number of amides is 1. The van der Waals surface area contributed by atoms with E-state index in [9.17, 15) is 18.0 Å². The van der Waals surface area contributed by atoms with Gasteiger partial charge in [0.2, 0.25) is 5.91 Å². The van der Waals surface area contributed by atoms with Crippen LogP contribution in [0.3, 0.4) is 0 Å². The van der Waals surface area contributed by atoms with Gasteiger partial charge < -0.3 is 11.1 Å². The predicted molar refractivity (Wildman–Crippen MR) is 80.6 cm³/mol. The van der Waals surface area contributed by atoms with E-state index >= 15 is 0 Å². The van der Waals surface area contributed by atoms with Crippen molar-refractivity contribution in [3.63, 3.8) is 0 Å². The number of hydrogen-bond donors (Lipinski definition) is 2. The van der Waals surface area contributed by atoms with Gasteiger partial charge in [0.25, 0.3) is 0 Å². The van der Waals surface area contributed by atoms with Crippen molar-refractivity contribution in [3.8, 4) is 0 Å². The molecule has 0 spiro atoms. The second-order valence-electron chi connectivity index (χ2n) is 5.55. The molecule has 1 aliphatic rings. The Hall–Kier alpha value is -1.27. The van der Waals surface area contributed by atoms with Gasteiger partial charge in [0.05, 0.1) is 17.5 Å². The first-order chi connectivity index (χ1) is 9.79. The van der Waals surface area contributed by atoms with Crippen molar-refractivity contribution in [1.82, 2.24) is 5.32 Å². The van der Waals surface area contributed by atoms with Gasteiger partial charge in [-0.25, -0.2) is 0 Å². The van der Waals surface area contributed by atoms with Crippen LogP contribution in [0, 0.1) is 5.92 Å². The van der Waals surface area contributed by atoms with Crippen LogP contribution in [-0.4, -0.2) is 11.9 Å². The maximum absolute atomic E-state index is 12.5. The second-order valence-corrected chi connectivity index (χ2v) is 5.55. The van der Waals surface area contributed by atoms with Crippen molar-refractivity contribution >= 4 is 18.3 Å². The first-order valence-corrected chi connectivity index (χ1v) is 7.02. The molecule has 0 aromatic heterocycles. The molecular weight excluding hydrogens is 317 g/mol. The number of halogens is 4. The maximum Gasteiger partial charge on any atom is 0.416 e. The monoisotopic (exact) mass is 336 g/mol. The summed E-state index contributed by atoms with van der Waals surface area (Å²) in [5.41, 5.74) is 5.83. The Morgan fingerprint density at radius 1 is 1.27 bits per heavy atom. The number of nitrogens with two attached hydrogens (primary N) is 1. The normalized spacial score (nSPS) is 22.8. The largest absolute Gasteiger partial charge is 0.416 e. The Morgan fingerprint density at radius 3 is 2.32 bits per heavy atom. The Kier molecular flexibility index (Phi) is 6.26. The fourth-order valence-electron chi connectivity index (χ4n) is 2.68. The molecule has 3 N–H and O–H groups in total. The van der Waals surface area contributed by atoms with E-state index in [1.165, 1.54) is 12.1 Å². The van der Waals surface area contributed by atoms with E-state index in [4.69, 9.17) is 5.73 Å². The highest BCUT2D eigenvalue weighted by Gasteiger charge is 2.32. The highest BCUT2D eigenvalue weighted by atomic mass is 35.5. The molecule has 3 atom stereocenters. The smallest absolute Gasteiger partial charge is 0.349 e. The van der Waals surface area contributed by atoms with Crippen LogP contribution in [0.1, 0.15) is 43.4 Å². The minimum Gasteiger partial charge on any atom is -0.349 e. The molecule has 0 heterocycles. The van der Waals surface area contributed by atoms with Crippen molar-refractivity contribution < 1.29 is 18.0 Å². The van der Waals surface area contributed by atoms with E-state index in [0.717, 1.165) is 31.4 Å². The molecule has 7 heteroatoms. The lowest BCUT2D eigenvalue weighted by Crippen LogP contribution is -2.39. The molecule has 3 unspecified atom stereocenters. The van der Waals surface area contributed by atoms with Gasteiger partial charge in [-0.15, -0.1) is 12.4 Å². The molecule has 0 radical (unpaired) electrons. The fourth-order valence-corrected chi connectivity index (χ4v) is 2.68. The van der Waals surface area contributed by atoms with Gasteiger partial charge in [0.15, 0.2) is 0 Å². The molecule has 22 heavy (non-hydrogen) atoms. The zero-order valence-corrected chi connectivity index (χ0v) is 13.0. The van der Waals surface area contributed by atoms with Gasteiger partial charge in [-0.3, -0.25) is 4.79 Å². The minimum atomic E-state index is -4.35. The minimum absolute atomic E-state index is 0. The molecule has 3 nitrogen and oxygen atoms in total. The highest BCUT2D eigenvalue weighted by Crippen LogP contribution is 2.30. The van der Waals surface area contributed by atoms with E-state index in [1.54, 1.807) is 6.92 Å². The molecule has 1 aromatic rings. The molecule has 0 bridgehead atoms. The summed E-state index contributed by atoms with van der Waals surface area (Å²) in [4.78, 5) is 12.1. The Morgan fingerprint density at radius 2 is 1.86 bits per heavy atom. The molecule has 0 aliphatic heterocycles. The lowest BCUT2D eigenvalue weighted by Gasteiger charge is -2.20. The number of benzene rings is 1. The van der Waals surface area contributed by atoms with Crippen LogP contribution in [0.2, 0.25) is 0 Å². The summed E-state index contributed by atoms with van der Waals surface area (Å²) in [6.45, 7) is 1.75. The number of carbonyl (C=O) groups excluding carboxylic acids is 1. The predicted octanol–water partition coefficient (Wildman–Crippen LogP) is 3.43. The fraction of sp³-hybridized carbons (Fsp3) is 0.533. The van der Waals surface area contributed by atoms with Crippen molar-refractivity contribution in [2.45, 2.75) is 44.4 Å². The van der Waals surface area contributed by atoms with E-state index in [0.29, 0.717) is 5.56 Å². The van der Waals surface area contributed by atoms with Crippen molar-refractivity contribution in [1.29, 1.82) is 0 Å². The van der Waals surface area contributed by atoms with Crippen LogP contribution >= 0.6 is 12.4 Å². The third-order valence-electron chi connectivity index (χ3n) is 4.00. The van der Waals surface area contributed by atoms with Crippen LogP contribution < -0.4 is 11.1 Å². The first-order valence-electron chi connectivity index (χ1n) is 7.02. The standard InChI is InChI=1S/C15H19F3N2O.ClH/c1-9(20-14(21)12-3-2-4-13(12)19)10-5-7-11(8-6-10)15(16,17)18;/h5-9,12-13H,2-4,19H2,1H3,(H,20,21);1H.